The van der Waals surface area contributed by atoms with E-state index in [4.69, 9.17) is 9.47 Å². The monoisotopic (exact) mass is 477 g/mol. The molecular weight excluding hydrogens is 450 g/mol. The number of morpholine rings is 1. The van der Waals surface area contributed by atoms with Crippen molar-refractivity contribution >= 4 is 33.5 Å². The quantitative estimate of drug-likeness (QED) is 0.653. The first-order valence-electron chi connectivity index (χ1n) is 9.97. The molecule has 0 bridgehead atoms. The summed E-state index contributed by atoms with van der Waals surface area (Å²) in [7, 11) is 0. The van der Waals surface area contributed by atoms with Crippen molar-refractivity contribution in [3.05, 3.63) is 40.3 Å². The highest BCUT2D eigenvalue weighted by Gasteiger charge is 2.23. The lowest BCUT2D eigenvalue weighted by Crippen LogP contribution is -2.47. The molecule has 1 atom stereocenters. The fraction of sp³-hybridized carbons (Fsp3) is 0.476. The molecule has 1 aromatic heterocycles. The van der Waals surface area contributed by atoms with Crippen molar-refractivity contribution in [3.63, 3.8) is 0 Å². The Labute approximate surface area is 185 Å². The van der Waals surface area contributed by atoms with E-state index in [2.05, 4.69) is 55.3 Å². The van der Waals surface area contributed by atoms with Crippen molar-refractivity contribution in [2.24, 2.45) is 0 Å². The van der Waals surface area contributed by atoms with Crippen LogP contribution >= 0.6 is 15.9 Å². The summed E-state index contributed by atoms with van der Waals surface area (Å²) in [6.45, 7) is 11.0. The van der Waals surface area contributed by atoms with Crippen LogP contribution in [0, 0.1) is 13.8 Å². The maximum Gasteiger partial charge on any atom is 0.325 e. The van der Waals surface area contributed by atoms with Crippen LogP contribution in [0.25, 0.3) is 0 Å². The van der Waals surface area contributed by atoms with Crippen molar-refractivity contribution in [1.82, 2.24) is 14.9 Å². The van der Waals surface area contributed by atoms with E-state index in [0.717, 1.165) is 28.8 Å². The Morgan fingerprint density at radius 2 is 2.10 bits per heavy atom. The summed E-state index contributed by atoms with van der Waals surface area (Å²) in [6, 6.07) is 3.77. The zero-order valence-electron chi connectivity index (χ0n) is 17.7. The number of urea groups is 1. The second kappa shape index (κ2) is 10.2. The number of hydrogen-bond donors (Lipinski definition) is 2. The summed E-state index contributed by atoms with van der Waals surface area (Å²) >= 11 is 3.52. The Balaban J connectivity index is 1.66. The highest BCUT2D eigenvalue weighted by Crippen LogP contribution is 2.32. The molecule has 1 aliphatic rings. The zero-order chi connectivity index (χ0) is 21.7. The molecular formula is C21H28BrN5O3. The van der Waals surface area contributed by atoms with Crippen LogP contribution in [-0.2, 0) is 4.74 Å². The maximum absolute atomic E-state index is 12.4. The van der Waals surface area contributed by atoms with Crippen molar-refractivity contribution in [2.75, 3.05) is 36.9 Å². The van der Waals surface area contributed by atoms with Crippen LogP contribution < -0.4 is 15.4 Å². The predicted octanol–water partition coefficient (Wildman–Crippen LogP) is 3.99. The molecule has 1 fully saturated rings. The van der Waals surface area contributed by atoms with E-state index >= 15 is 0 Å². The van der Waals surface area contributed by atoms with Crippen molar-refractivity contribution in [3.8, 4) is 5.75 Å². The fourth-order valence-corrected chi connectivity index (χ4v) is 3.44. The minimum absolute atomic E-state index is 0.0189. The van der Waals surface area contributed by atoms with Crippen molar-refractivity contribution in [2.45, 2.75) is 39.8 Å². The summed E-state index contributed by atoms with van der Waals surface area (Å²) < 4.78 is 12.8. The lowest BCUT2D eigenvalue weighted by molar-refractivity contribution is -0.0563. The molecule has 1 saturated heterocycles. The number of benzene rings is 1. The highest BCUT2D eigenvalue weighted by atomic mass is 79.9. The zero-order valence-corrected chi connectivity index (χ0v) is 19.3. The number of carbonyl (C=O) groups excluding carboxylic acids is 1. The SMILES string of the molecule is Cc1cnc(NC(=O)Nc2cc(Br)c(C)cc2OC[C@@H]2CN(C(C)C)CCO2)cn1. The number of ether oxygens (including phenoxy) is 2. The average molecular weight is 478 g/mol. The number of rotatable bonds is 6. The first kappa shape index (κ1) is 22.5. The predicted molar refractivity (Wildman–Crippen MR) is 120 cm³/mol. The lowest BCUT2D eigenvalue weighted by Gasteiger charge is -2.35. The number of aryl methyl sites for hydroxylation is 2. The molecule has 1 aromatic carbocycles. The van der Waals surface area contributed by atoms with Crippen molar-refractivity contribution in [1.29, 1.82) is 0 Å². The van der Waals surface area contributed by atoms with Gasteiger partial charge >= 0.3 is 6.03 Å². The van der Waals surface area contributed by atoms with Gasteiger partial charge in [-0.3, -0.25) is 15.2 Å². The van der Waals surface area contributed by atoms with Gasteiger partial charge in [0.05, 0.1) is 30.4 Å². The Hall–Kier alpha value is -2.23. The molecule has 0 saturated carbocycles. The number of anilines is 2. The number of amides is 2. The van der Waals surface area contributed by atoms with E-state index in [9.17, 15) is 4.79 Å². The minimum atomic E-state index is -0.423. The molecule has 3 rings (SSSR count). The van der Waals surface area contributed by atoms with Gasteiger partial charge in [0.2, 0.25) is 0 Å². The number of nitrogens with one attached hydrogen (secondary N) is 2. The number of nitrogens with zero attached hydrogens (tertiary/aromatic N) is 3. The van der Waals surface area contributed by atoms with Gasteiger partial charge in [0, 0.05) is 23.6 Å². The van der Waals surface area contributed by atoms with Gasteiger partial charge < -0.3 is 14.8 Å². The van der Waals surface area contributed by atoms with Gasteiger partial charge in [-0.25, -0.2) is 9.78 Å². The van der Waals surface area contributed by atoms with E-state index in [1.807, 2.05) is 26.0 Å². The largest absolute Gasteiger partial charge is 0.489 e. The Bertz CT molecular complexity index is 876. The third-order valence-electron chi connectivity index (χ3n) is 4.86. The van der Waals surface area contributed by atoms with Crippen LogP contribution in [-0.4, -0.2) is 59.3 Å². The molecule has 0 spiro atoms. The Morgan fingerprint density at radius 1 is 1.30 bits per heavy atom. The van der Waals surface area contributed by atoms with E-state index in [-0.39, 0.29) is 6.10 Å². The second-order valence-corrected chi connectivity index (χ2v) is 8.47. The molecule has 30 heavy (non-hydrogen) atoms. The van der Waals surface area contributed by atoms with Crippen LogP contribution in [0.2, 0.25) is 0 Å². The number of halogens is 1. The Morgan fingerprint density at radius 3 is 2.80 bits per heavy atom. The van der Waals surface area contributed by atoms with E-state index in [1.54, 1.807) is 6.20 Å². The van der Waals surface area contributed by atoms with Crippen LogP contribution in [0.3, 0.4) is 0 Å². The van der Waals surface area contributed by atoms with E-state index in [1.165, 1.54) is 6.20 Å². The summed E-state index contributed by atoms with van der Waals surface area (Å²) in [6.07, 6.45) is 3.09. The molecule has 2 heterocycles. The molecule has 1 aliphatic heterocycles. The van der Waals surface area contributed by atoms with Gasteiger partial charge in [-0.15, -0.1) is 0 Å². The smallest absolute Gasteiger partial charge is 0.325 e. The van der Waals surface area contributed by atoms with Crippen LogP contribution in [0.5, 0.6) is 5.75 Å². The molecule has 162 valence electrons. The minimum Gasteiger partial charge on any atom is -0.489 e. The van der Waals surface area contributed by atoms with Gasteiger partial charge in [-0.2, -0.15) is 0 Å². The average Bonchev–Trinajstić information content (AvgIpc) is 2.71. The molecule has 2 amide bonds. The second-order valence-electron chi connectivity index (χ2n) is 7.61. The molecule has 0 radical (unpaired) electrons. The third kappa shape index (κ3) is 6.13. The molecule has 9 heteroatoms. The summed E-state index contributed by atoms with van der Waals surface area (Å²) in [5.41, 5.74) is 2.34. The molecule has 8 nitrogen and oxygen atoms in total. The molecule has 2 aromatic rings. The van der Waals surface area contributed by atoms with Gasteiger partial charge in [-0.1, -0.05) is 15.9 Å². The summed E-state index contributed by atoms with van der Waals surface area (Å²) in [5, 5.41) is 5.51. The standard InChI is InChI=1S/C21H28BrN5O3/c1-13(2)27-5-6-29-16(11-27)12-30-19-7-14(3)17(22)8-18(19)25-21(28)26-20-10-23-15(4)9-24-20/h7-10,13,16H,5-6,11-12H2,1-4H3,(H2,24,25,26,28)/t16-/m0/s1. The van der Waals surface area contributed by atoms with E-state index in [0.29, 0.717) is 36.5 Å². The normalized spacial score (nSPS) is 17.1. The highest BCUT2D eigenvalue weighted by molar-refractivity contribution is 9.10. The number of hydrogen-bond acceptors (Lipinski definition) is 6. The molecule has 0 aliphatic carbocycles. The van der Waals surface area contributed by atoms with Gasteiger partial charge in [0.15, 0.2) is 5.82 Å². The van der Waals surface area contributed by atoms with Gasteiger partial charge in [0.25, 0.3) is 0 Å². The van der Waals surface area contributed by atoms with Crippen LogP contribution in [0.15, 0.2) is 29.0 Å². The molecule has 2 N–H and O–H groups in total. The Kier molecular flexibility index (Phi) is 7.63. The molecule has 0 unspecified atom stereocenters. The first-order valence-corrected chi connectivity index (χ1v) is 10.8. The van der Waals surface area contributed by atoms with Crippen LogP contribution in [0.4, 0.5) is 16.3 Å². The fourth-order valence-electron chi connectivity index (χ4n) is 3.09. The topological polar surface area (TPSA) is 88.6 Å². The maximum atomic E-state index is 12.4. The third-order valence-corrected chi connectivity index (χ3v) is 5.71. The van der Waals surface area contributed by atoms with E-state index < -0.39 is 6.03 Å². The number of aromatic nitrogens is 2. The number of carbonyl (C=O) groups is 1. The van der Waals surface area contributed by atoms with Crippen molar-refractivity contribution < 1.29 is 14.3 Å². The lowest BCUT2D eigenvalue weighted by atomic mass is 10.2. The summed E-state index contributed by atoms with van der Waals surface area (Å²) in [4.78, 5) is 23.1. The first-order chi connectivity index (χ1) is 14.3. The van der Waals surface area contributed by atoms with Gasteiger partial charge in [0.1, 0.15) is 18.5 Å². The van der Waals surface area contributed by atoms with Gasteiger partial charge in [-0.05, 0) is 45.4 Å². The summed E-state index contributed by atoms with van der Waals surface area (Å²) in [5.74, 6) is 0.960. The van der Waals surface area contributed by atoms with Crippen LogP contribution in [0.1, 0.15) is 25.1 Å².